The lowest BCUT2D eigenvalue weighted by Gasteiger charge is -2.05. The van der Waals surface area contributed by atoms with E-state index in [9.17, 15) is 4.79 Å². The summed E-state index contributed by atoms with van der Waals surface area (Å²) in [4.78, 5) is 19.5. The molecule has 0 aliphatic carbocycles. The van der Waals surface area contributed by atoms with Crippen LogP contribution in [0.2, 0.25) is 5.15 Å². The van der Waals surface area contributed by atoms with E-state index in [1.165, 1.54) is 12.4 Å². The van der Waals surface area contributed by atoms with Gasteiger partial charge in [-0.1, -0.05) is 11.6 Å². The SMILES string of the molecule is Cn1cccc1C(=O)Nc1nccnc1Cl. The zero-order valence-corrected chi connectivity index (χ0v) is 9.27. The Labute approximate surface area is 97.1 Å². The van der Waals surface area contributed by atoms with Gasteiger partial charge < -0.3 is 9.88 Å². The molecule has 0 saturated heterocycles. The van der Waals surface area contributed by atoms with Crippen LogP contribution in [0.15, 0.2) is 30.7 Å². The monoisotopic (exact) mass is 236 g/mol. The first-order valence-electron chi connectivity index (χ1n) is 4.57. The highest BCUT2D eigenvalue weighted by Gasteiger charge is 2.11. The Morgan fingerprint density at radius 1 is 1.44 bits per heavy atom. The molecule has 0 aliphatic rings. The van der Waals surface area contributed by atoms with Gasteiger partial charge >= 0.3 is 0 Å². The minimum Gasteiger partial charge on any atom is -0.347 e. The summed E-state index contributed by atoms with van der Waals surface area (Å²) in [6.07, 6.45) is 4.71. The number of hydrogen-bond donors (Lipinski definition) is 1. The third kappa shape index (κ3) is 2.04. The molecule has 0 saturated carbocycles. The average Bonchev–Trinajstić information content (AvgIpc) is 2.68. The number of rotatable bonds is 2. The molecule has 0 atom stereocenters. The van der Waals surface area contributed by atoms with E-state index in [0.717, 1.165) is 0 Å². The Morgan fingerprint density at radius 3 is 2.81 bits per heavy atom. The lowest BCUT2D eigenvalue weighted by Crippen LogP contribution is -2.16. The first kappa shape index (κ1) is 10.6. The third-order valence-corrected chi connectivity index (χ3v) is 2.34. The van der Waals surface area contributed by atoms with Crippen LogP contribution in [0, 0.1) is 0 Å². The standard InChI is InChI=1S/C10H9ClN4O/c1-15-6-2-3-7(15)10(16)14-9-8(11)12-4-5-13-9/h2-6H,1H3,(H,13,14,16). The van der Waals surface area contributed by atoms with Crippen molar-refractivity contribution in [1.82, 2.24) is 14.5 Å². The molecule has 0 aromatic carbocycles. The van der Waals surface area contributed by atoms with Crippen molar-refractivity contribution < 1.29 is 4.79 Å². The van der Waals surface area contributed by atoms with E-state index in [0.29, 0.717) is 5.69 Å². The first-order chi connectivity index (χ1) is 7.68. The minimum absolute atomic E-state index is 0.171. The quantitative estimate of drug-likeness (QED) is 0.864. The summed E-state index contributed by atoms with van der Waals surface area (Å²) < 4.78 is 1.71. The number of carbonyl (C=O) groups excluding carboxylic acids is 1. The summed E-state index contributed by atoms with van der Waals surface area (Å²) >= 11 is 5.77. The molecule has 1 amide bonds. The first-order valence-corrected chi connectivity index (χ1v) is 4.95. The molecule has 0 radical (unpaired) electrons. The van der Waals surface area contributed by atoms with Crippen LogP contribution in [0.1, 0.15) is 10.5 Å². The second-order valence-corrected chi connectivity index (χ2v) is 3.51. The number of halogens is 1. The molecule has 1 N–H and O–H groups in total. The Balaban J connectivity index is 2.21. The Morgan fingerprint density at radius 2 is 2.19 bits per heavy atom. The molecule has 0 fully saturated rings. The van der Waals surface area contributed by atoms with Crippen LogP contribution in [0.5, 0.6) is 0 Å². The molecule has 16 heavy (non-hydrogen) atoms. The second kappa shape index (κ2) is 4.32. The highest BCUT2D eigenvalue weighted by Crippen LogP contribution is 2.15. The maximum Gasteiger partial charge on any atom is 0.273 e. The molecule has 82 valence electrons. The summed E-state index contributed by atoms with van der Waals surface area (Å²) in [5.74, 6) is -0.00901. The normalized spacial score (nSPS) is 10.1. The van der Waals surface area contributed by atoms with Crippen molar-refractivity contribution in [3.63, 3.8) is 0 Å². The molecule has 5 nitrogen and oxygen atoms in total. The van der Waals surface area contributed by atoms with Gasteiger partial charge in [0.05, 0.1) is 0 Å². The number of aromatic nitrogens is 3. The van der Waals surface area contributed by atoms with Crippen LogP contribution in [0.3, 0.4) is 0 Å². The van der Waals surface area contributed by atoms with Crippen molar-refractivity contribution in [1.29, 1.82) is 0 Å². The predicted octanol–water partition coefficient (Wildman–Crippen LogP) is 1.72. The number of hydrogen-bond acceptors (Lipinski definition) is 3. The fraction of sp³-hybridized carbons (Fsp3) is 0.100. The van der Waals surface area contributed by atoms with Crippen molar-refractivity contribution in [2.24, 2.45) is 7.05 Å². The molecule has 2 aromatic heterocycles. The molecule has 6 heteroatoms. The minimum atomic E-state index is -0.269. The number of anilines is 1. The van der Waals surface area contributed by atoms with Gasteiger partial charge in [0.25, 0.3) is 5.91 Å². The van der Waals surface area contributed by atoms with Crippen LogP contribution in [-0.4, -0.2) is 20.4 Å². The molecule has 0 bridgehead atoms. The molecule has 0 aliphatic heterocycles. The lowest BCUT2D eigenvalue weighted by molar-refractivity contribution is 0.101. The summed E-state index contributed by atoms with van der Waals surface area (Å²) in [5.41, 5.74) is 0.529. The van der Waals surface area contributed by atoms with Crippen LogP contribution < -0.4 is 5.32 Å². The smallest absolute Gasteiger partial charge is 0.273 e. The molecular weight excluding hydrogens is 228 g/mol. The van der Waals surface area contributed by atoms with E-state index in [2.05, 4.69) is 15.3 Å². The molecule has 2 rings (SSSR count). The summed E-state index contributed by atoms with van der Waals surface area (Å²) in [5, 5.41) is 2.76. The van der Waals surface area contributed by atoms with Crippen molar-refractivity contribution in [3.05, 3.63) is 41.6 Å². The van der Waals surface area contributed by atoms with Gasteiger partial charge in [-0.25, -0.2) is 9.97 Å². The van der Waals surface area contributed by atoms with E-state index in [4.69, 9.17) is 11.6 Å². The third-order valence-electron chi connectivity index (χ3n) is 2.06. The van der Waals surface area contributed by atoms with E-state index in [1.54, 1.807) is 29.9 Å². The van der Waals surface area contributed by atoms with Crippen LogP contribution in [0.25, 0.3) is 0 Å². The Bertz CT molecular complexity index is 523. The molecule has 2 aromatic rings. The van der Waals surface area contributed by atoms with Crippen molar-refractivity contribution >= 4 is 23.3 Å². The highest BCUT2D eigenvalue weighted by molar-refractivity contribution is 6.32. The zero-order chi connectivity index (χ0) is 11.5. The van der Waals surface area contributed by atoms with Gasteiger partial charge in [-0.05, 0) is 12.1 Å². The maximum absolute atomic E-state index is 11.8. The predicted molar refractivity (Wildman–Crippen MR) is 60.4 cm³/mol. The topological polar surface area (TPSA) is 59.8 Å². The van der Waals surface area contributed by atoms with Crippen LogP contribution in [0.4, 0.5) is 5.82 Å². The highest BCUT2D eigenvalue weighted by atomic mass is 35.5. The number of nitrogens with one attached hydrogen (secondary N) is 1. The number of nitrogens with zero attached hydrogens (tertiary/aromatic N) is 3. The maximum atomic E-state index is 11.8. The van der Waals surface area contributed by atoms with Gasteiger partial charge in [0.15, 0.2) is 11.0 Å². The summed E-state index contributed by atoms with van der Waals surface area (Å²) in [6.45, 7) is 0. The summed E-state index contributed by atoms with van der Waals surface area (Å²) in [7, 11) is 1.78. The molecule has 0 spiro atoms. The van der Waals surface area contributed by atoms with Crippen LogP contribution in [-0.2, 0) is 7.05 Å². The fourth-order valence-electron chi connectivity index (χ4n) is 1.27. The number of aryl methyl sites for hydroxylation is 1. The van der Waals surface area contributed by atoms with Gasteiger partial charge in [-0.15, -0.1) is 0 Å². The number of carbonyl (C=O) groups is 1. The fourth-order valence-corrected chi connectivity index (χ4v) is 1.43. The lowest BCUT2D eigenvalue weighted by atomic mass is 10.4. The zero-order valence-electron chi connectivity index (χ0n) is 8.51. The van der Waals surface area contributed by atoms with Crippen molar-refractivity contribution in [3.8, 4) is 0 Å². The van der Waals surface area contributed by atoms with Gasteiger partial charge in [0, 0.05) is 25.6 Å². The van der Waals surface area contributed by atoms with E-state index in [1.807, 2.05) is 0 Å². The van der Waals surface area contributed by atoms with Gasteiger partial charge in [0.2, 0.25) is 0 Å². The Hall–Kier alpha value is -1.88. The van der Waals surface area contributed by atoms with Gasteiger partial charge in [-0.3, -0.25) is 4.79 Å². The number of amides is 1. The molecule has 0 unspecified atom stereocenters. The second-order valence-electron chi connectivity index (χ2n) is 3.15. The van der Waals surface area contributed by atoms with Gasteiger partial charge in [-0.2, -0.15) is 0 Å². The van der Waals surface area contributed by atoms with E-state index >= 15 is 0 Å². The van der Waals surface area contributed by atoms with E-state index in [-0.39, 0.29) is 16.9 Å². The van der Waals surface area contributed by atoms with Gasteiger partial charge in [0.1, 0.15) is 5.69 Å². The largest absolute Gasteiger partial charge is 0.347 e. The Kier molecular flexibility index (Phi) is 2.87. The molecular formula is C10H9ClN4O. The average molecular weight is 237 g/mol. The van der Waals surface area contributed by atoms with E-state index < -0.39 is 0 Å². The van der Waals surface area contributed by atoms with Crippen molar-refractivity contribution in [2.45, 2.75) is 0 Å². The molecule has 2 heterocycles. The van der Waals surface area contributed by atoms with Crippen LogP contribution >= 0.6 is 11.6 Å². The summed E-state index contributed by atoms with van der Waals surface area (Å²) in [6, 6.07) is 3.49. The van der Waals surface area contributed by atoms with Crippen molar-refractivity contribution in [2.75, 3.05) is 5.32 Å².